The van der Waals surface area contributed by atoms with E-state index in [0.29, 0.717) is 12.0 Å². The lowest BCUT2D eigenvalue weighted by molar-refractivity contribution is 0.166. The summed E-state index contributed by atoms with van der Waals surface area (Å²) < 4.78 is 0. The molecule has 0 aromatic heterocycles. The first-order chi connectivity index (χ1) is 6.04. The molecule has 0 aromatic carbocycles. The largest absolute Gasteiger partial charge is 0.297 e. The topological polar surface area (TPSA) is 15.6 Å². The van der Waals surface area contributed by atoms with E-state index in [1.165, 1.54) is 6.42 Å². The normalized spacial score (nSPS) is 18.6. The summed E-state index contributed by atoms with van der Waals surface area (Å²) in [4.78, 5) is 0. The van der Waals surface area contributed by atoms with Gasteiger partial charge >= 0.3 is 0 Å². The molecule has 0 aliphatic heterocycles. The molecule has 0 radical (unpaired) electrons. The molecular weight excluding hydrogens is 160 g/mol. The van der Waals surface area contributed by atoms with E-state index >= 15 is 0 Å². The highest BCUT2D eigenvalue weighted by atomic mass is 15.4. The van der Waals surface area contributed by atoms with E-state index in [4.69, 9.17) is 0 Å². The van der Waals surface area contributed by atoms with Crippen LogP contribution in [0.3, 0.4) is 0 Å². The smallest absolute Gasteiger partial charge is 0.0467 e. The van der Waals surface area contributed by atoms with Crippen molar-refractivity contribution in [2.75, 3.05) is 7.05 Å². The van der Waals surface area contributed by atoms with Crippen LogP contribution >= 0.6 is 0 Å². The quantitative estimate of drug-likeness (QED) is 0.474. The molecule has 1 unspecified atom stereocenters. The van der Waals surface area contributed by atoms with Gasteiger partial charge in [-0.15, -0.1) is 0 Å². The van der Waals surface area contributed by atoms with Crippen LogP contribution in [0.15, 0.2) is 5.10 Å². The second kappa shape index (κ2) is 6.01. The Hall–Kier alpha value is -0.530. The van der Waals surface area contributed by atoms with Gasteiger partial charge in [0.15, 0.2) is 0 Å². The third-order valence-corrected chi connectivity index (χ3v) is 3.19. The summed E-state index contributed by atoms with van der Waals surface area (Å²) in [7, 11) is 2.05. The van der Waals surface area contributed by atoms with Crippen LogP contribution in [-0.4, -0.2) is 24.3 Å². The fraction of sp³-hybridized carbons (Fsp3) is 0.909. The maximum atomic E-state index is 4.27. The molecule has 0 saturated carbocycles. The molecule has 0 fully saturated rings. The zero-order chi connectivity index (χ0) is 10.4. The highest BCUT2D eigenvalue weighted by Crippen LogP contribution is 2.21. The maximum absolute atomic E-state index is 4.27. The Balaban J connectivity index is 4.15. The average Bonchev–Trinajstić information content (AvgIpc) is 2.14. The number of hydrazone groups is 1. The highest BCUT2D eigenvalue weighted by molar-refractivity contribution is 5.52. The first-order valence-electron chi connectivity index (χ1n) is 5.26. The van der Waals surface area contributed by atoms with Crippen molar-refractivity contribution in [3.63, 3.8) is 0 Å². The molecule has 0 N–H and O–H groups in total. The summed E-state index contributed by atoms with van der Waals surface area (Å²) in [6, 6.07) is 0.520. The van der Waals surface area contributed by atoms with Crippen LogP contribution in [0, 0.1) is 11.8 Å². The molecule has 0 rings (SSSR count). The zero-order valence-corrected chi connectivity index (χ0v) is 9.91. The summed E-state index contributed by atoms with van der Waals surface area (Å²) in [6.07, 6.45) is 3.09. The van der Waals surface area contributed by atoms with Crippen LogP contribution in [0.5, 0.6) is 0 Å². The molecular formula is C11H24N2. The minimum Gasteiger partial charge on any atom is -0.297 e. The molecule has 0 aromatic rings. The molecule has 0 aliphatic rings. The lowest BCUT2D eigenvalue weighted by Crippen LogP contribution is -2.33. The van der Waals surface area contributed by atoms with Gasteiger partial charge in [-0.05, 0) is 25.7 Å². The van der Waals surface area contributed by atoms with Crippen LogP contribution in [0.1, 0.15) is 41.0 Å². The van der Waals surface area contributed by atoms with Gasteiger partial charge in [0.2, 0.25) is 0 Å². The van der Waals surface area contributed by atoms with E-state index in [0.717, 1.165) is 5.92 Å². The van der Waals surface area contributed by atoms with Crippen molar-refractivity contribution in [2.24, 2.45) is 16.9 Å². The minimum absolute atomic E-state index is 0.520. The molecule has 0 bridgehead atoms. The summed E-state index contributed by atoms with van der Waals surface area (Å²) in [5.41, 5.74) is 0. The lowest BCUT2D eigenvalue weighted by atomic mass is 9.88. The molecule has 3 atom stereocenters. The Kier molecular flexibility index (Phi) is 5.76. The first kappa shape index (κ1) is 12.5. The predicted molar refractivity (Wildman–Crippen MR) is 60.0 cm³/mol. The van der Waals surface area contributed by atoms with Crippen molar-refractivity contribution in [2.45, 2.75) is 47.1 Å². The first-order valence-corrected chi connectivity index (χ1v) is 5.26. The van der Waals surface area contributed by atoms with Crippen LogP contribution in [0.2, 0.25) is 0 Å². The monoisotopic (exact) mass is 184 g/mol. The second-order valence-electron chi connectivity index (χ2n) is 3.93. The standard InChI is InChI=1S/C11H24N2/c1-7-9(3)10(4)11(5)13(6)12-8-2/h8-11H,7H2,1-6H3/b12-8-/t9?,10-,11-/m0/s1. The van der Waals surface area contributed by atoms with E-state index in [2.05, 4.69) is 37.8 Å². The van der Waals surface area contributed by atoms with Crippen LogP contribution in [-0.2, 0) is 0 Å². The van der Waals surface area contributed by atoms with Crippen LogP contribution in [0.25, 0.3) is 0 Å². The number of hydrogen-bond donors (Lipinski definition) is 0. The van der Waals surface area contributed by atoms with Gasteiger partial charge in [-0.25, -0.2) is 0 Å². The van der Waals surface area contributed by atoms with Crippen molar-refractivity contribution in [1.82, 2.24) is 5.01 Å². The van der Waals surface area contributed by atoms with E-state index in [1.807, 2.05) is 20.2 Å². The zero-order valence-electron chi connectivity index (χ0n) is 9.91. The molecule has 0 amide bonds. The fourth-order valence-corrected chi connectivity index (χ4v) is 1.47. The van der Waals surface area contributed by atoms with Gasteiger partial charge in [-0.3, -0.25) is 5.01 Å². The number of hydrogen-bond acceptors (Lipinski definition) is 2. The molecule has 78 valence electrons. The Morgan fingerprint density at radius 3 is 2.23 bits per heavy atom. The van der Waals surface area contributed by atoms with Gasteiger partial charge in [0.25, 0.3) is 0 Å². The Labute approximate surface area is 83.0 Å². The van der Waals surface area contributed by atoms with E-state index in [1.54, 1.807) is 0 Å². The lowest BCUT2D eigenvalue weighted by Gasteiger charge is -2.31. The van der Waals surface area contributed by atoms with Crippen molar-refractivity contribution in [1.29, 1.82) is 0 Å². The summed E-state index contributed by atoms with van der Waals surface area (Å²) in [5, 5.41) is 6.32. The molecule has 13 heavy (non-hydrogen) atoms. The van der Waals surface area contributed by atoms with Crippen molar-refractivity contribution in [3.05, 3.63) is 0 Å². The molecule has 0 spiro atoms. The molecule has 0 aliphatic carbocycles. The van der Waals surface area contributed by atoms with E-state index in [9.17, 15) is 0 Å². The van der Waals surface area contributed by atoms with E-state index in [-0.39, 0.29) is 0 Å². The van der Waals surface area contributed by atoms with Gasteiger partial charge in [0.1, 0.15) is 0 Å². The number of rotatable bonds is 5. The SMILES string of the molecule is C/C=N\N(C)[C@@H](C)[C@@H](C)C(C)CC. The average molecular weight is 184 g/mol. The van der Waals surface area contributed by atoms with Gasteiger partial charge in [0, 0.05) is 19.3 Å². The summed E-state index contributed by atoms with van der Waals surface area (Å²) >= 11 is 0. The second-order valence-corrected chi connectivity index (χ2v) is 3.93. The molecule has 0 heterocycles. The summed E-state index contributed by atoms with van der Waals surface area (Å²) in [6.45, 7) is 11.1. The minimum atomic E-state index is 0.520. The molecule has 0 saturated heterocycles. The maximum Gasteiger partial charge on any atom is 0.0467 e. The highest BCUT2D eigenvalue weighted by Gasteiger charge is 2.20. The van der Waals surface area contributed by atoms with Crippen LogP contribution < -0.4 is 0 Å². The Morgan fingerprint density at radius 2 is 1.85 bits per heavy atom. The third-order valence-electron chi connectivity index (χ3n) is 3.19. The van der Waals surface area contributed by atoms with Gasteiger partial charge in [-0.2, -0.15) is 5.10 Å². The fourth-order valence-electron chi connectivity index (χ4n) is 1.47. The Bertz CT molecular complexity index is 154. The third kappa shape index (κ3) is 3.79. The summed E-state index contributed by atoms with van der Waals surface area (Å²) in [5.74, 6) is 1.46. The number of nitrogens with zero attached hydrogens (tertiary/aromatic N) is 2. The molecule has 2 heteroatoms. The van der Waals surface area contributed by atoms with Gasteiger partial charge in [-0.1, -0.05) is 27.2 Å². The van der Waals surface area contributed by atoms with Crippen LogP contribution in [0.4, 0.5) is 0 Å². The van der Waals surface area contributed by atoms with Gasteiger partial charge < -0.3 is 0 Å². The Morgan fingerprint density at radius 1 is 1.31 bits per heavy atom. The van der Waals surface area contributed by atoms with Gasteiger partial charge in [0.05, 0.1) is 0 Å². The van der Waals surface area contributed by atoms with Crippen molar-refractivity contribution >= 4 is 6.21 Å². The molecule has 2 nitrogen and oxygen atoms in total. The van der Waals surface area contributed by atoms with E-state index < -0.39 is 0 Å². The van der Waals surface area contributed by atoms with Crippen molar-refractivity contribution < 1.29 is 0 Å². The predicted octanol–water partition coefficient (Wildman–Crippen LogP) is 2.99. The van der Waals surface area contributed by atoms with Crippen molar-refractivity contribution in [3.8, 4) is 0 Å².